The van der Waals surface area contributed by atoms with Crippen LogP contribution in [0.3, 0.4) is 0 Å². The number of phenols is 1. The average Bonchev–Trinajstić information content (AvgIpc) is 2.94. The summed E-state index contributed by atoms with van der Waals surface area (Å²) < 4.78 is 0. The number of ketones is 1. The Morgan fingerprint density at radius 1 is 1.24 bits per heavy atom. The zero-order valence-electron chi connectivity index (χ0n) is 13.1. The molecule has 0 saturated heterocycles. The first-order valence-electron chi connectivity index (χ1n) is 7.56. The molecule has 0 saturated carbocycles. The molecule has 2 aromatic rings. The first-order valence-corrected chi connectivity index (χ1v) is 8.32. The lowest BCUT2D eigenvalue weighted by atomic mass is 10.0. The molecule has 1 aliphatic heterocycles. The fraction of sp³-hybridized carbons (Fsp3) is 0.176. The number of hydrazine groups is 1. The van der Waals surface area contributed by atoms with Crippen molar-refractivity contribution in [2.75, 3.05) is 11.9 Å². The summed E-state index contributed by atoms with van der Waals surface area (Å²) in [6.07, 6.45) is 0.0701. The fourth-order valence-electron chi connectivity index (χ4n) is 2.55. The third kappa shape index (κ3) is 3.71. The molecule has 2 aromatic carbocycles. The van der Waals surface area contributed by atoms with E-state index in [1.165, 1.54) is 5.01 Å². The Morgan fingerprint density at radius 3 is 2.60 bits per heavy atom. The molecule has 0 fully saturated rings. The highest BCUT2D eigenvalue weighted by Crippen LogP contribution is 2.30. The van der Waals surface area contributed by atoms with E-state index in [1.807, 2.05) is 0 Å². The van der Waals surface area contributed by atoms with Gasteiger partial charge in [-0.25, -0.2) is 10.8 Å². The maximum Gasteiger partial charge on any atom is 0.213 e. The van der Waals surface area contributed by atoms with Crippen LogP contribution < -0.4 is 11.2 Å². The highest BCUT2D eigenvalue weighted by molar-refractivity contribution is 6.39. The second kappa shape index (κ2) is 7.31. The van der Waals surface area contributed by atoms with Gasteiger partial charge in [0.05, 0.1) is 22.3 Å². The predicted octanol–water partition coefficient (Wildman–Crippen LogP) is 2.84. The van der Waals surface area contributed by atoms with E-state index < -0.39 is 6.04 Å². The smallest absolute Gasteiger partial charge is 0.213 e. The van der Waals surface area contributed by atoms with Crippen LogP contribution in [0, 0.1) is 0 Å². The molecule has 1 heterocycles. The first-order chi connectivity index (χ1) is 12.0. The van der Waals surface area contributed by atoms with Crippen molar-refractivity contribution in [1.29, 1.82) is 0 Å². The van der Waals surface area contributed by atoms with Crippen molar-refractivity contribution in [3.63, 3.8) is 0 Å². The third-order valence-electron chi connectivity index (χ3n) is 3.92. The van der Waals surface area contributed by atoms with Gasteiger partial charge in [-0.1, -0.05) is 47.5 Å². The van der Waals surface area contributed by atoms with E-state index in [2.05, 4.69) is 10.3 Å². The van der Waals surface area contributed by atoms with Gasteiger partial charge >= 0.3 is 0 Å². The number of guanidine groups is 1. The molecule has 4 N–H and O–H groups in total. The van der Waals surface area contributed by atoms with Gasteiger partial charge < -0.3 is 10.4 Å². The number of Topliss-reactive ketones (excluding diaryl/α,β-unsaturated/α-hetero) is 1. The molecule has 0 amide bonds. The quantitative estimate of drug-likeness (QED) is 0.711. The molecule has 1 atom stereocenters. The molecule has 0 radical (unpaired) electrons. The highest BCUT2D eigenvalue weighted by atomic mass is 35.5. The molecule has 1 unspecified atom stereocenters. The molecule has 6 nitrogen and oxygen atoms in total. The van der Waals surface area contributed by atoms with Crippen LogP contribution in [-0.4, -0.2) is 34.4 Å². The maximum atomic E-state index is 12.5. The van der Waals surface area contributed by atoms with E-state index >= 15 is 0 Å². The van der Waals surface area contributed by atoms with Crippen LogP contribution in [0.4, 0.5) is 5.69 Å². The van der Waals surface area contributed by atoms with Gasteiger partial charge in [0.1, 0.15) is 11.8 Å². The lowest BCUT2D eigenvalue weighted by Gasteiger charge is -2.22. The van der Waals surface area contributed by atoms with E-state index in [1.54, 1.807) is 42.5 Å². The van der Waals surface area contributed by atoms with Crippen LogP contribution in [0.25, 0.3) is 0 Å². The highest BCUT2D eigenvalue weighted by Gasteiger charge is 2.32. The molecule has 0 aromatic heterocycles. The van der Waals surface area contributed by atoms with Crippen molar-refractivity contribution in [2.24, 2.45) is 10.8 Å². The number of hydrogen-bond donors (Lipinski definition) is 3. The summed E-state index contributed by atoms with van der Waals surface area (Å²) in [5.41, 5.74) is 1.03. The van der Waals surface area contributed by atoms with E-state index in [4.69, 9.17) is 29.0 Å². The first kappa shape index (κ1) is 17.5. The van der Waals surface area contributed by atoms with Gasteiger partial charge in [-0.05, 0) is 18.2 Å². The Hall–Kier alpha value is -2.28. The van der Waals surface area contributed by atoms with Crippen LogP contribution >= 0.6 is 23.2 Å². The molecule has 0 bridgehead atoms. The normalized spacial score (nSPS) is 16.7. The van der Waals surface area contributed by atoms with Crippen molar-refractivity contribution in [3.8, 4) is 5.75 Å². The third-order valence-corrected chi connectivity index (χ3v) is 4.55. The second-order valence-corrected chi connectivity index (χ2v) is 6.40. The zero-order chi connectivity index (χ0) is 18.0. The number of carbonyl (C=O) groups is 1. The summed E-state index contributed by atoms with van der Waals surface area (Å²) in [6, 6.07) is 11.2. The molecule has 25 heavy (non-hydrogen) atoms. The number of nitrogens with zero attached hydrogens (tertiary/aromatic N) is 2. The number of aromatic hydroxyl groups is 1. The average molecular weight is 379 g/mol. The summed E-state index contributed by atoms with van der Waals surface area (Å²) in [5.74, 6) is 6.28. The Kier molecular flexibility index (Phi) is 5.13. The standard InChI is InChI=1S/C17H16Cl2N4O2/c18-11-5-3-6-12(19)16(11)22-17-21-9-13(23(17)20)15(25)8-10-4-1-2-7-14(10)24/h1-7,13,24H,8-9,20H2,(H,21,22). The zero-order valence-corrected chi connectivity index (χ0v) is 14.6. The predicted molar refractivity (Wildman–Crippen MR) is 99.0 cm³/mol. The maximum absolute atomic E-state index is 12.5. The van der Waals surface area contributed by atoms with Gasteiger partial charge in [-0.3, -0.25) is 9.80 Å². The molecule has 0 aliphatic carbocycles. The van der Waals surface area contributed by atoms with E-state index in [0.29, 0.717) is 27.3 Å². The second-order valence-electron chi connectivity index (χ2n) is 5.58. The summed E-state index contributed by atoms with van der Waals surface area (Å²) in [6.45, 7) is 0.216. The number of nitrogens with two attached hydrogens (primary N) is 1. The van der Waals surface area contributed by atoms with Gasteiger partial charge in [0.25, 0.3) is 0 Å². The van der Waals surface area contributed by atoms with Crippen LogP contribution in [0.2, 0.25) is 10.0 Å². The molecule has 8 heteroatoms. The van der Waals surface area contributed by atoms with E-state index in [9.17, 15) is 9.90 Å². The number of rotatable bonds is 4. The summed E-state index contributed by atoms with van der Waals surface area (Å²) >= 11 is 12.2. The Labute approximate surface area is 154 Å². The molecule has 0 spiro atoms. The number of nitrogens with one attached hydrogen (secondary N) is 1. The number of hydrogen-bond acceptors (Lipinski definition) is 6. The number of halogens is 2. The van der Waals surface area contributed by atoms with Crippen molar-refractivity contribution in [2.45, 2.75) is 12.5 Å². The van der Waals surface area contributed by atoms with Crippen molar-refractivity contribution >= 4 is 40.6 Å². The minimum Gasteiger partial charge on any atom is -0.508 e. The lowest BCUT2D eigenvalue weighted by molar-refractivity contribution is -0.121. The molecular weight excluding hydrogens is 363 g/mol. The minimum atomic E-state index is -0.622. The Morgan fingerprint density at radius 2 is 1.92 bits per heavy atom. The van der Waals surface area contributed by atoms with Gasteiger partial charge in [0.15, 0.2) is 5.78 Å². The van der Waals surface area contributed by atoms with Crippen molar-refractivity contribution in [3.05, 3.63) is 58.1 Å². The summed E-state index contributed by atoms with van der Waals surface area (Å²) in [4.78, 5) is 16.8. The number of para-hydroxylation sites is 2. The molecule has 130 valence electrons. The SMILES string of the molecule is NN1C(Nc2c(Cl)cccc2Cl)=NCC1C(=O)Cc1ccccc1O. The Bertz CT molecular complexity index is 821. The fourth-order valence-corrected chi connectivity index (χ4v) is 3.04. The van der Waals surface area contributed by atoms with Gasteiger partial charge in [-0.2, -0.15) is 0 Å². The van der Waals surface area contributed by atoms with E-state index in [-0.39, 0.29) is 24.5 Å². The summed E-state index contributed by atoms with van der Waals surface area (Å²) in [5, 5.41) is 14.9. The Balaban J connectivity index is 1.70. The number of aliphatic imine (C=N–C) groups is 1. The molecule has 3 rings (SSSR count). The van der Waals surface area contributed by atoms with Crippen LogP contribution in [0.15, 0.2) is 47.5 Å². The summed E-state index contributed by atoms with van der Waals surface area (Å²) in [7, 11) is 0. The molecule has 1 aliphatic rings. The van der Waals surface area contributed by atoms with E-state index in [0.717, 1.165) is 0 Å². The number of benzene rings is 2. The van der Waals surface area contributed by atoms with Gasteiger partial charge in [0.2, 0.25) is 5.96 Å². The number of anilines is 1. The van der Waals surface area contributed by atoms with Crippen LogP contribution in [0.1, 0.15) is 5.56 Å². The monoisotopic (exact) mass is 378 g/mol. The molecular formula is C17H16Cl2N4O2. The lowest BCUT2D eigenvalue weighted by Crippen LogP contribution is -2.49. The van der Waals surface area contributed by atoms with Crippen LogP contribution in [0.5, 0.6) is 5.75 Å². The van der Waals surface area contributed by atoms with Crippen molar-refractivity contribution in [1.82, 2.24) is 5.01 Å². The number of phenolic OH excluding ortho intramolecular Hbond substituents is 1. The topological polar surface area (TPSA) is 91.0 Å². The van der Waals surface area contributed by atoms with Crippen molar-refractivity contribution < 1.29 is 9.90 Å². The largest absolute Gasteiger partial charge is 0.508 e. The van der Waals surface area contributed by atoms with Crippen LogP contribution in [-0.2, 0) is 11.2 Å². The van der Waals surface area contributed by atoms with Gasteiger partial charge in [0, 0.05) is 12.0 Å². The minimum absolute atomic E-state index is 0.0701. The number of carbonyl (C=O) groups excluding carboxylic acids is 1. The van der Waals surface area contributed by atoms with Gasteiger partial charge in [-0.15, -0.1) is 0 Å².